The summed E-state index contributed by atoms with van der Waals surface area (Å²) in [5.41, 5.74) is 0.138. The number of alkyl halides is 2. The first-order valence-electron chi connectivity index (χ1n) is 6.64. The Bertz CT molecular complexity index is 468. The molecular formula is C14H18F2N2O2. The SMILES string of the molecule is CC1CC(NC(=O)c2ccccc2OC(F)F)CCN1. The second-order valence-corrected chi connectivity index (χ2v) is 4.92. The van der Waals surface area contributed by atoms with E-state index in [4.69, 9.17) is 0 Å². The van der Waals surface area contributed by atoms with Gasteiger partial charge >= 0.3 is 6.61 Å². The third-order valence-corrected chi connectivity index (χ3v) is 3.31. The lowest BCUT2D eigenvalue weighted by atomic mass is 10.00. The Morgan fingerprint density at radius 2 is 2.20 bits per heavy atom. The van der Waals surface area contributed by atoms with Crippen LogP contribution in [-0.4, -0.2) is 31.1 Å². The van der Waals surface area contributed by atoms with Crippen molar-refractivity contribution in [2.45, 2.75) is 38.5 Å². The Hall–Kier alpha value is -1.69. The van der Waals surface area contributed by atoms with Crippen LogP contribution in [0.4, 0.5) is 8.78 Å². The molecule has 1 aromatic carbocycles. The number of carbonyl (C=O) groups is 1. The molecule has 2 rings (SSSR count). The molecule has 0 saturated carbocycles. The summed E-state index contributed by atoms with van der Waals surface area (Å²) in [5, 5.41) is 6.16. The maximum absolute atomic E-state index is 12.3. The van der Waals surface area contributed by atoms with Gasteiger partial charge in [-0.1, -0.05) is 12.1 Å². The quantitative estimate of drug-likeness (QED) is 0.891. The van der Waals surface area contributed by atoms with Gasteiger partial charge in [-0.3, -0.25) is 4.79 Å². The van der Waals surface area contributed by atoms with E-state index in [9.17, 15) is 13.6 Å². The molecule has 0 bridgehead atoms. The number of piperidine rings is 1. The first-order chi connectivity index (χ1) is 9.56. The number of hydrogen-bond acceptors (Lipinski definition) is 3. The van der Waals surface area contributed by atoms with Gasteiger partial charge in [0.2, 0.25) is 0 Å². The van der Waals surface area contributed by atoms with Crippen LogP contribution in [0.5, 0.6) is 5.75 Å². The number of para-hydroxylation sites is 1. The summed E-state index contributed by atoms with van der Waals surface area (Å²) >= 11 is 0. The first kappa shape index (κ1) is 14.7. The highest BCUT2D eigenvalue weighted by Gasteiger charge is 2.22. The van der Waals surface area contributed by atoms with E-state index >= 15 is 0 Å². The minimum atomic E-state index is -2.94. The van der Waals surface area contributed by atoms with Crippen molar-refractivity contribution in [1.82, 2.24) is 10.6 Å². The van der Waals surface area contributed by atoms with Crippen LogP contribution in [-0.2, 0) is 0 Å². The molecule has 2 unspecified atom stereocenters. The van der Waals surface area contributed by atoms with Crippen molar-refractivity contribution in [3.63, 3.8) is 0 Å². The molecule has 2 atom stereocenters. The molecule has 1 aliphatic heterocycles. The fraction of sp³-hybridized carbons (Fsp3) is 0.500. The predicted octanol–water partition coefficient (Wildman–Crippen LogP) is 2.16. The average molecular weight is 284 g/mol. The zero-order valence-electron chi connectivity index (χ0n) is 11.2. The van der Waals surface area contributed by atoms with E-state index in [0.717, 1.165) is 19.4 Å². The molecule has 0 aromatic heterocycles. The summed E-state index contributed by atoms with van der Waals surface area (Å²) in [6, 6.07) is 6.42. The maximum atomic E-state index is 12.3. The zero-order valence-corrected chi connectivity index (χ0v) is 11.2. The molecule has 110 valence electrons. The van der Waals surface area contributed by atoms with Crippen LogP contribution in [0.3, 0.4) is 0 Å². The van der Waals surface area contributed by atoms with Gasteiger partial charge in [0.25, 0.3) is 5.91 Å². The highest BCUT2D eigenvalue weighted by molar-refractivity contribution is 5.97. The van der Waals surface area contributed by atoms with Gasteiger partial charge in [0, 0.05) is 12.1 Å². The van der Waals surface area contributed by atoms with E-state index in [-0.39, 0.29) is 23.3 Å². The third-order valence-electron chi connectivity index (χ3n) is 3.31. The number of hydrogen-bond donors (Lipinski definition) is 2. The van der Waals surface area contributed by atoms with Crippen molar-refractivity contribution in [3.05, 3.63) is 29.8 Å². The Labute approximate surface area is 116 Å². The lowest BCUT2D eigenvalue weighted by Gasteiger charge is -2.28. The molecule has 1 aliphatic rings. The van der Waals surface area contributed by atoms with E-state index in [1.165, 1.54) is 12.1 Å². The van der Waals surface area contributed by atoms with Crippen molar-refractivity contribution in [3.8, 4) is 5.75 Å². The van der Waals surface area contributed by atoms with E-state index in [0.29, 0.717) is 6.04 Å². The van der Waals surface area contributed by atoms with Crippen molar-refractivity contribution in [1.29, 1.82) is 0 Å². The van der Waals surface area contributed by atoms with Gasteiger partial charge in [0.15, 0.2) is 0 Å². The summed E-state index contributed by atoms with van der Waals surface area (Å²) in [6.45, 7) is -0.0594. The van der Waals surface area contributed by atoms with Gasteiger partial charge in [0.05, 0.1) is 5.56 Å². The van der Waals surface area contributed by atoms with Crippen LogP contribution in [0, 0.1) is 0 Å². The van der Waals surface area contributed by atoms with Gasteiger partial charge in [-0.2, -0.15) is 8.78 Å². The van der Waals surface area contributed by atoms with Gasteiger partial charge < -0.3 is 15.4 Å². The van der Waals surface area contributed by atoms with Gasteiger partial charge in [-0.15, -0.1) is 0 Å². The molecule has 1 fully saturated rings. The lowest BCUT2D eigenvalue weighted by molar-refractivity contribution is -0.0501. The molecule has 1 saturated heterocycles. The summed E-state index contributed by atoms with van der Waals surface area (Å²) < 4.78 is 29.0. The number of carbonyl (C=O) groups excluding carboxylic acids is 1. The largest absolute Gasteiger partial charge is 0.434 e. The number of nitrogens with one attached hydrogen (secondary N) is 2. The topological polar surface area (TPSA) is 50.4 Å². The van der Waals surface area contributed by atoms with Crippen LogP contribution in [0.2, 0.25) is 0 Å². The highest BCUT2D eigenvalue weighted by atomic mass is 19.3. The van der Waals surface area contributed by atoms with Gasteiger partial charge in [-0.05, 0) is 38.4 Å². The number of ether oxygens (including phenoxy) is 1. The molecule has 0 spiro atoms. The number of benzene rings is 1. The van der Waals surface area contributed by atoms with Crippen LogP contribution in [0.25, 0.3) is 0 Å². The summed E-state index contributed by atoms with van der Waals surface area (Å²) in [7, 11) is 0. The van der Waals surface area contributed by atoms with Crippen LogP contribution in [0.1, 0.15) is 30.1 Å². The van der Waals surface area contributed by atoms with E-state index in [1.54, 1.807) is 12.1 Å². The van der Waals surface area contributed by atoms with Gasteiger partial charge in [0.1, 0.15) is 5.75 Å². The monoisotopic (exact) mass is 284 g/mol. The normalized spacial score (nSPS) is 22.6. The van der Waals surface area contributed by atoms with Crippen LogP contribution in [0.15, 0.2) is 24.3 Å². The molecule has 1 amide bonds. The molecule has 2 N–H and O–H groups in total. The maximum Gasteiger partial charge on any atom is 0.387 e. The van der Waals surface area contributed by atoms with Crippen LogP contribution < -0.4 is 15.4 Å². The number of amides is 1. The molecular weight excluding hydrogens is 266 g/mol. The molecule has 1 heterocycles. The average Bonchev–Trinajstić information content (AvgIpc) is 2.38. The number of halogens is 2. The molecule has 0 radical (unpaired) electrons. The zero-order chi connectivity index (χ0) is 14.5. The standard InChI is InChI=1S/C14H18F2N2O2/c1-9-8-10(6-7-17-9)18-13(19)11-4-2-3-5-12(11)20-14(15)16/h2-5,9-10,14,17H,6-8H2,1H3,(H,18,19). The molecule has 20 heavy (non-hydrogen) atoms. The summed E-state index contributed by atoms with van der Waals surface area (Å²) in [4.78, 5) is 12.2. The van der Waals surface area contributed by atoms with Crippen molar-refractivity contribution >= 4 is 5.91 Å². The minimum Gasteiger partial charge on any atom is -0.434 e. The van der Waals surface area contributed by atoms with Crippen molar-refractivity contribution in [2.75, 3.05) is 6.54 Å². The minimum absolute atomic E-state index is 0.0540. The predicted molar refractivity (Wildman–Crippen MR) is 71.0 cm³/mol. The summed E-state index contributed by atoms with van der Waals surface area (Å²) in [5.74, 6) is -0.470. The third kappa shape index (κ3) is 3.90. The Balaban J connectivity index is 2.05. The Kier molecular flexibility index (Phi) is 4.89. The van der Waals surface area contributed by atoms with Gasteiger partial charge in [-0.25, -0.2) is 0 Å². The number of rotatable bonds is 4. The van der Waals surface area contributed by atoms with Crippen molar-refractivity contribution < 1.29 is 18.3 Å². The fourth-order valence-corrected chi connectivity index (χ4v) is 2.38. The second-order valence-electron chi connectivity index (χ2n) is 4.92. The summed E-state index contributed by atoms with van der Waals surface area (Å²) in [6.07, 6.45) is 1.65. The lowest BCUT2D eigenvalue weighted by Crippen LogP contribution is -2.46. The smallest absolute Gasteiger partial charge is 0.387 e. The fourth-order valence-electron chi connectivity index (χ4n) is 2.38. The van der Waals surface area contributed by atoms with Crippen molar-refractivity contribution in [2.24, 2.45) is 0 Å². The second kappa shape index (κ2) is 6.65. The molecule has 1 aromatic rings. The van der Waals surface area contributed by atoms with E-state index < -0.39 is 6.61 Å². The van der Waals surface area contributed by atoms with E-state index in [2.05, 4.69) is 15.4 Å². The van der Waals surface area contributed by atoms with E-state index in [1.807, 2.05) is 6.92 Å². The Morgan fingerprint density at radius 1 is 1.45 bits per heavy atom. The Morgan fingerprint density at radius 3 is 2.90 bits per heavy atom. The molecule has 0 aliphatic carbocycles. The highest BCUT2D eigenvalue weighted by Crippen LogP contribution is 2.20. The first-order valence-corrected chi connectivity index (χ1v) is 6.64. The van der Waals surface area contributed by atoms with Crippen LogP contribution >= 0.6 is 0 Å². The molecule has 6 heteroatoms. The molecule has 4 nitrogen and oxygen atoms in total.